The van der Waals surface area contributed by atoms with Crippen LogP contribution in [0.4, 0.5) is 16.0 Å². The summed E-state index contributed by atoms with van der Waals surface area (Å²) in [6.45, 7) is 7.51. The van der Waals surface area contributed by atoms with Gasteiger partial charge < -0.3 is 30.1 Å². The molecule has 10 heteroatoms. The number of fused-ring (bicyclic) bond motifs is 1. The fourth-order valence-electron chi connectivity index (χ4n) is 4.11. The fourth-order valence-corrected chi connectivity index (χ4v) is 4.11. The van der Waals surface area contributed by atoms with Gasteiger partial charge in [-0.25, -0.2) is 14.2 Å². The highest BCUT2D eigenvalue weighted by atomic mass is 19.1. The van der Waals surface area contributed by atoms with E-state index < -0.39 is 17.2 Å². The number of aromatic nitrogens is 2. The molecular weight excluding hydrogens is 379 g/mol. The number of nitrogens with one attached hydrogen (secondary N) is 2. The van der Waals surface area contributed by atoms with E-state index in [1.165, 1.54) is 0 Å². The smallest absolute Gasteiger partial charge is 0.343 e. The van der Waals surface area contributed by atoms with E-state index in [2.05, 4.69) is 15.6 Å². The molecule has 0 radical (unpaired) electrons. The van der Waals surface area contributed by atoms with Crippen molar-refractivity contribution in [2.45, 2.75) is 13.5 Å². The molecule has 2 aromatic heterocycles. The van der Waals surface area contributed by atoms with Gasteiger partial charge in [0.2, 0.25) is 5.43 Å². The summed E-state index contributed by atoms with van der Waals surface area (Å²) in [5.41, 5.74) is -0.688. The Bertz CT molecular complexity index is 996. The van der Waals surface area contributed by atoms with E-state index in [-0.39, 0.29) is 16.8 Å². The lowest BCUT2D eigenvalue weighted by molar-refractivity contribution is 0.0695. The quantitative estimate of drug-likeness (QED) is 0.658. The topological polar surface area (TPSA) is 103 Å². The lowest BCUT2D eigenvalue weighted by Gasteiger charge is -2.33. The SMILES string of the molecule is CCn1c(N2CCNCC2)c(C(=O)O)c(=O)c2cc(F)c(N3CCNCC3)nc21. The highest BCUT2D eigenvalue weighted by Crippen LogP contribution is 2.27. The van der Waals surface area contributed by atoms with Gasteiger partial charge in [0, 0.05) is 58.9 Å². The van der Waals surface area contributed by atoms with Gasteiger partial charge in [-0.05, 0) is 13.0 Å². The summed E-state index contributed by atoms with van der Waals surface area (Å²) in [7, 11) is 0. The number of rotatable bonds is 4. The number of piperazine rings is 2. The van der Waals surface area contributed by atoms with E-state index in [1.54, 1.807) is 4.57 Å². The normalized spacial score (nSPS) is 17.7. The molecule has 9 nitrogen and oxygen atoms in total. The first kappa shape index (κ1) is 19.6. The van der Waals surface area contributed by atoms with Crippen molar-refractivity contribution in [1.82, 2.24) is 20.2 Å². The number of aryl methyl sites for hydroxylation is 1. The van der Waals surface area contributed by atoms with Crippen LogP contribution < -0.4 is 25.9 Å². The highest BCUT2D eigenvalue weighted by Gasteiger charge is 2.28. The van der Waals surface area contributed by atoms with Crippen LogP contribution in [0.25, 0.3) is 11.0 Å². The van der Waals surface area contributed by atoms with Crippen molar-refractivity contribution in [2.24, 2.45) is 0 Å². The first-order chi connectivity index (χ1) is 14.0. The Morgan fingerprint density at radius 3 is 2.28 bits per heavy atom. The molecule has 0 atom stereocenters. The van der Waals surface area contributed by atoms with Gasteiger partial charge in [0.25, 0.3) is 0 Å². The van der Waals surface area contributed by atoms with Crippen LogP contribution in [0.15, 0.2) is 10.9 Å². The van der Waals surface area contributed by atoms with Crippen molar-refractivity contribution in [3.63, 3.8) is 0 Å². The van der Waals surface area contributed by atoms with E-state index in [4.69, 9.17) is 0 Å². The Hall–Kier alpha value is -2.72. The van der Waals surface area contributed by atoms with Crippen LogP contribution in [0, 0.1) is 5.82 Å². The van der Waals surface area contributed by atoms with Crippen LogP contribution in [-0.2, 0) is 6.54 Å². The van der Waals surface area contributed by atoms with Gasteiger partial charge in [0.15, 0.2) is 11.6 Å². The second kappa shape index (κ2) is 7.96. The highest BCUT2D eigenvalue weighted by molar-refractivity contribution is 5.98. The average molecular weight is 404 g/mol. The molecule has 29 heavy (non-hydrogen) atoms. The van der Waals surface area contributed by atoms with Gasteiger partial charge in [-0.15, -0.1) is 0 Å². The van der Waals surface area contributed by atoms with E-state index in [9.17, 15) is 19.1 Å². The molecule has 4 rings (SSSR count). The number of carboxylic acid groups (broad SMARTS) is 1. The van der Waals surface area contributed by atoms with Crippen molar-refractivity contribution in [3.8, 4) is 0 Å². The Kier molecular flexibility index (Phi) is 5.37. The number of carbonyl (C=O) groups is 1. The van der Waals surface area contributed by atoms with Gasteiger partial charge in [0.1, 0.15) is 17.0 Å². The Labute approximate surface area is 167 Å². The number of aromatic carboxylic acids is 1. The molecule has 0 aromatic carbocycles. The molecule has 0 amide bonds. The molecule has 2 aromatic rings. The molecule has 0 aliphatic carbocycles. The molecule has 156 valence electrons. The molecule has 0 bridgehead atoms. The molecule has 0 saturated carbocycles. The third-order valence-corrected chi connectivity index (χ3v) is 5.51. The summed E-state index contributed by atoms with van der Waals surface area (Å²) >= 11 is 0. The van der Waals surface area contributed by atoms with E-state index >= 15 is 0 Å². The number of halogens is 1. The molecular formula is C19H25FN6O3. The number of anilines is 2. The predicted octanol–water partition coefficient (Wildman–Crippen LogP) is 0.0729. The van der Waals surface area contributed by atoms with Crippen molar-refractivity contribution < 1.29 is 14.3 Å². The molecule has 2 fully saturated rings. The number of hydrogen-bond acceptors (Lipinski definition) is 7. The van der Waals surface area contributed by atoms with Gasteiger partial charge >= 0.3 is 5.97 Å². The lowest BCUT2D eigenvalue weighted by Crippen LogP contribution is -2.46. The van der Waals surface area contributed by atoms with Crippen molar-refractivity contribution in [1.29, 1.82) is 0 Å². The van der Waals surface area contributed by atoms with Gasteiger partial charge in [-0.2, -0.15) is 0 Å². The molecule has 4 heterocycles. The van der Waals surface area contributed by atoms with Crippen LogP contribution >= 0.6 is 0 Å². The van der Waals surface area contributed by atoms with E-state index in [0.717, 1.165) is 19.2 Å². The van der Waals surface area contributed by atoms with Crippen LogP contribution in [0.3, 0.4) is 0 Å². The van der Waals surface area contributed by atoms with Crippen LogP contribution in [0.5, 0.6) is 0 Å². The number of pyridine rings is 2. The summed E-state index contributed by atoms with van der Waals surface area (Å²) < 4.78 is 16.6. The zero-order valence-corrected chi connectivity index (χ0v) is 16.4. The Morgan fingerprint density at radius 2 is 1.72 bits per heavy atom. The average Bonchev–Trinajstić information content (AvgIpc) is 2.74. The third-order valence-electron chi connectivity index (χ3n) is 5.51. The summed E-state index contributed by atoms with van der Waals surface area (Å²) in [5.74, 6) is -1.36. The predicted molar refractivity (Wildman–Crippen MR) is 109 cm³/mol. The van der Waals surface area contributed by atoms with Crippen LogP contribution in [0.2, 0.25) is 0 Å². The second-order valence-electron chi connectivity index (χ2n) is 7.22. The largest absolute Gasteiger partial charge is 0.477 e. The molecule has 2 saturated heterocycles. The second-order valence-corrected chi connectivity index (χ2v) is 7.22. The first-order valence-electron chi connectivity index (χ1n) is 9.94. The van der Waals surface area contributed by atoms with Crippen molar-refractivity contribution in [3.05, 3.63) is 27.7 Å². The number of carboxylic acids is 1. The molecule has 0 unspecified atom stereocenters. The molecule has 3 N–H and O–H groups in total. The maximum atomic E-state index is 14.9. The van der Waals surface area contributed by atoms with Crippen molar-refractivity contribution >= 4 is 28.6 Å². The summed E-state index contributed by atoms with van der Waals surface area (Å²) in [6, 6.07) is 1.14. The van der Waals surface area contributed by atoms with Gasteiger partial charge in [-0.3, -0.25) is 4.79 Å². The Morgan fingerprint density at radius 1 is 1.14 bits per heavy atom. The van der Waals surface area contributed by atoms with Crippen molar-refractivity contribution in [2.75, 3.05) is 62.2 Å². The zero-order chi connectivity index (χ0) is 20.5. The maximum Gasteiger partial charge on any atom is 0.343 e. The Balaban J connectivity index is 1.99. The number of nitrogens with zero attached hydrogens (tertiary/aromatic N) is 4. The molecule has 2 aliphatic heterocycles. The van der Waals surface area contributed by atoms with Crippen LogP contribution in [0.1, 0.15) is 17.3 Å². The standard InChI is InChI=1S/C19H25FN6O3/c1-2-26-16-12(11-13(20)17(23-16)24-7-3-21-4-8-24)15(27)14(19(28)29)18(26)25-9-5-22-6-10-25/h11,21-22H,2-10H2,1H3,(H,28,29). The fraction of sp³-hybridized carbons (Fsp3) is 0.526. The van der Waals surface area contributed by atoms with E-state index in [1.807, 2.05) is 16.7 Å². The minimum atomic E-state index is -1.31. The number of hydrogen-bond donors (Lipinski definition) is 3. The maximum absolute atomic E-state index is 14.9. The van der Waals surface area contributed by atoms with Crippen LogP contribution in [-0.4, -0.2) is 73.0 Å². The third kappa shape index (κ3) is 3.42. The summed E-state index contributed by atoms with van der Waals surface area (Å²) in [4.78, 5) is 33.4. The molecule has 0 spiro atoms. The summed E-state index contributed by atoms with van der Waals surface area (Å²) in [5, 5.41) is 16.2. The lowest BCUT2D eigenvalue weighted by atomic mass is 10.1. The van der Waals surface area contributed by atoms with E-state index in [0.29, 0.717) is 57.3 Å². The minimum Gasteiger partial charge on any atom is -0.477 e. The monoisotopic (exact) mass is 404 g/mol. The first-order valence-corrected chi connectivity index (χ1v) is 9.94. The van der Waals surface area contributed by atoms with Gasteiger partial charge in [-0.1, -0.05) is 0 Å². The molecule has 2 aliphatic rings. The zero-order valence-electron chi connectivity index (χ0n) is 16.4. The summed E-state index contributed by atoms with van der Waals surface area (Å²) in [6.07, 6.45) is 0. The minimum absolute atomic E-state index is 0.000445. The van der Waals surface area contributed by atoms with Gasteiger partial charge in [0.05, 0.1) is 5.39 Å².